The van der Waals surface area contributed by atoms with Crippen molar-refractivity contribution in [2.45, 2.75) is 19.1 Å². The molecule has 2 N–H and O–H groups in total. The summed E-state index contributed by atoms with van der Waals surface area (Å²) in [6.07, 6.45) is 1.25. The highest BCUT2D eigenvalue weighted by Crippen LogP contribution is 2.18. The lowest BCUT2D eigenvalue weighted by atomic mass is 10.1. The molecule has 1 saturated heterocycles. The summed E-state index contributed by atoms with van der Waals surface area (Å²) >= 11 is 4.91. The van der Waals surface area contributed by atoms with E-state index in [0.717, 1.165) is 19.5 Å². The molecular formula is C13H17FN2OS. The molecule has 1 atom stereocenters. The van der Waals surface area contributed by atoms with E-state index in [0.29, 0.717) is 22.7 Å². The molecule has 2 rings (SSSR count). The van der Waals surface area contributed by atoms with Crippen LogP contribution in [0.5, 0.6) is 0 Å². The van der Waals surface area contributed by atoms with E-state index < -0.39 is 0 Å². The van der Waals surface area contributed by atoms with Crippen LogP contribution in [0.3, 0.4) is 0 Å². The Morgan fingerprint density at radius 2 is 2.39 bits per heavy atom. The lowest BCUT2D eigenvalue weighted by Gasteiger charge is -2.16. The maximum atomic E-state index is 13.7. The molecule has 1 unspecified atom stereocenters. The monoisotopic (exact) mass is 268 g/mol. The van der Waals surface area contributed by atoms with Gasteiger partial charge in [-0.25, -0.2) is 4.39 Å². The molecule has 5 heteroatoms. The quantitative estimate of drug-likeness (QED) is 0.843. The predicted molar refractivity (Wildman–Crippen MR) is 73.0 cm³/mol. The van der Waals surface area contributed by atoms with Gasteiger partial charge in [-0.15, -0.1) is 0 Å². The van der Waals surface area contributed by atoms with Gasteiger partial charge in [0, 0.05) is 37.9 Å². The first-order valence-electron chi connectivity index (χ1n) is 5.93. The summed E-state index contributed by atoms with van der Waals surface area (Å²) in [5.74, 6) is -0.212. The van der Waals surface area contributed by atoms with Gasteiger partial charge in [0.05, 0.1) is 6.10 Å². The summed E-state index contributed by atoms with van der Waals surface area (Å²) in [5, 5.41) is 0. The minimum atomic E-state index is -0.212. The van der Waals surface area contributed by atoms with Crippen LogP contribution in [0.4, 0.5) is 4.39 Å². The minimum absolute atomic E-state index is 0.212. The summed E-state index contributed by atoms with van der Waals surface area (Å²) in [7, 11) is 1.71. The van der Waals surface area contributed by atoms with Crippen LogP contribution in [0.15, 0.2) is 18.2 Å². The Kier molecular flexibility index (Phi) is 4.27. The molecule has 1 aliphatic heterocycles. The van der Waals surface area contributed by atoms with E-state index in [1.54, 1.807) is 19.2 Å². The van der Waals surface area contributed by atoms with Crippen molar-refractivity contribution in [1.82, 2.24) is 4.90 Å². The van der Waals surface area contributed by atoms with Crippen LogP contribution < -0.4 is 5.73 Å². The van der Waals surface area contributed by atoms with Crippen molar-refractivity contribution in [1.29, 1.82) is 0 Å². The first kappa shape index (κ1) is 13.4. The Balaban J connectivity index is 2.09. The average molecular weight is 268 g/mol. The lowest BCUT2D eigenvalue weighted by molar-refractivity contribution is 0.107. The van der Waals surface area contributed by atoms with Crippen molar-refractivity contribution in [2.24, 2.45) is 5.73 Å². The van der Waals surface area contributed by atoms with Gasteiger partial charge in [-0.2, -0.15) is 0 Å². The molecule has 0 amide bonds. The summed E-state index contributed by atoms with van der Waals surface area (Å²) in [5.41, 5.74) is 6.91. The van der Waals surface area contributed by atoms with Gasteiger partial charge >= 0.3 is 0 Å². The number of thiocarbonyl (C=S) groups is 1. The minimum Gasteiger partial charge on any atom is -0.389 e. The topological polar surface area (TPSA) is 38.5 Å². The Bertz CT molecular complexity index is 453. The fourth-order valence-electron chi connectivity index (χ4n) is 2.22. The Morgan fingerprint density at radius 3 is 3.00 bits per heavy atom. The largest absolute Gasteiger partial charge is 0.389 e. The van der Waals surface area contributed by atoms with Crippen LogP contribution in [-0.2, 0) is 11.3 Å². The molecule has 0 aliphatic carbocycles. The molecule has 3 nitrogen and oxygen atoms in total. The molecule has 18 heavy (non-hydrogen) atoms. The van der Waals surface area contributed by atoms with Crippen LogP contribution in [0.25, 0.3) is 0 Å². The second kappa shape index (κ2) is 5.73. The molecule has 0 radical (unpaired) electrons. The van der Waals surface area contributed by atoms with Crippen LogP contribution >= 0.6 is 12.2 Å². The lowest BCUT2D eigenvalue weighted by Crippen LogP contribution is -2.23. The molecule has 1 aromatic carbocycles. The van der Waals surface area contributed by atoms with E-state index in [1.165, 1.54) is 6.07 Å². The summed E-state index contributed by atoms with van der Waals surface area (Å²) in [6, 6.07) is 4.77. The number of rotatable bonds is 4. The van der Waals surface area contributed by atoms with E-state index in [4.69, 9.17) is 22.7 Å². The van der Waals surface area contributed by atoms with Crippen molar-refractivity contribution in [3.05, 3.63) is 35.1 Å². The maximum Gasteiger partial charge on any atom is 0.127 e. The van der Waals surface area contributed by atoms with Gasteiger partial charge in [0.25, 0.3) is 0 Å². The summed E-state index contributed by atoms with van der Waals surface area (Å²) < 4.78 is 19.0. The molecule has 0 saturated carbocycles. The van der Waals surface area contributed by atoms with Crippen molar-refractivity contribution in [2.75, 3.05) is 20.2 Å². The third-order valence-corrected chi connectivity index (χ3v) is 3.52. The normalized spacial score (nSPS) is 20.2. The number of nitrogens with zero attached hydrogens (tertiary/aromatic N) is 1. The van der Waals surface area contributed by atoms with Crippen LogP contribution in [0.1, 0.15) is 17.5 Å². The zero-order chi connectivity index (χ0) is 13.1. The number of methoxy groups -OCH3 is 1. The number of ether oxygens (including phenoxy) is 1. The van der Waals surface area contributed by atoms with Crippen LogP contribution in [0, 0.1) is 5.82 Å². The number of benzene rings is 1. The molecule has 1 aliphatic rings. The van der Waals surface area contributed by atoms with E-state index in [9.17, 15) is 4.39 Å². The molecule has 0 bridgehead atoms. The molecule has 1 heterocycles. The summed E-state index contributed by atoms with van der Waals surface area (Å²) in [6.45, 7) is 2.34. The highest BCUT2D eigenvalue weighted by molar-refractivity contribution is 7.80. The van der Waals surface area contributed by atoms with Gasteiger partial charge in [-0.05, 0) is 24.6 Å². The number of hydrogen-bond acceptors (Lipinski definition) is 3. The van der Waals surface area contributed by atoms with Crippen molar-refractivity contribution in [3.8, 4) is 0 Å². The highest BCUT2D eigenvalue weighted by atomic mass is 32.1. The standard InChI is InChI=1S/C13H17FN2OS/c1-17-11-4-5-16(8-11)7-10-6-9(13(15)18)2-3-12(10)14/h2-3,6,11H,4-5,7-8H2,1H3,(H2,15,18). The van der Waals surface area contributed by atoms with E-state index in [2.05, 4.69) is 4.90 Å². The van der Waals surface area contributed by atoms with Crippen molar-refractivity contribution in [3.63, 3.8) is 0 Å². The number of nitrogens with two attached hydrogens (primary N) is 1. The molecule has 1 aromatic rings. The Hall–Kier alpha value is -1.04. The molecular weight excluding hydrogens is 251 g/mol. The highest BCUT2D eigenvalue weighted by Gasteiger charge is 2.22. The Morgan fingerprint density at radius 1 is 1.61 bits per heavy atom. The number of hydrogen-bond donors (Lipinski definition) is 1. The van der Waals surface area contributed by atoms with Gasteiger partial charge in [-0.1, -0.05) is 12.2 Å². The van der Waals surface area contributed by atoms with Gasteiger partial charge in [-0.3, -0.25) is 4.90 Å². The zero-order valence-corrected chi connectivity index (χ0v) is 11.2. The Labute approximate surface area is 112 Å². The van der Waals surface area contributed by atoms with E-state index >= 15 is 0 Å². The number of halogens is 1. The SMILES string of the molecule is COC1CCN(Cc2cc(C(N)=S)ccc2F)C1. The number of likely N-dealkylation sites (tertiary alicyclic amines) is 1. The second-order valence-electron chi connectivity index (χ2n) is 4.55. The van der Waals surface area contributed by atoms with Gasteiger partial charge in [0.2, 0.25) is 0 Å². The van der Waals surface area contributed by atoms with Gasteiger partial charge < -0.3 is 10.5 Å². The third kappa shape index (κ3) is 3.04. The maximum absolute atomic E-state index is 13.7. The van der Waals surface area contributed by atoms with Crippen molar-refractivity contribution >= 4 is 17.2 Å². The van der Waals surface area contributed by atoms with E-state index in [1.807, 2.05) is 0 Å². The van der Waals surface area contributed by atoms with Crippen molar-refractivity contribution < 1.29 is 9.13 Å². The average Bonchev–Trinajstić information content (AvgIpc) is 2.79. The van der Waals surface area contributed by atoms with Crippen LogP contribution in [-0.4, -0.2) is 36.2 Å². The third-order valence-electron chi connectivity index (χ3n) is 3.29. The zero-order valence-electron chi connectivity index (χ0n) is 10.4. The molecule has 1 fully saturated rings. The fourth-order valence-corrected chi connectivity index (χ4v) is 2.35. The molecule has 0 spiro atoms. The van der Waals surface area contributed by atoms with Crippen LogP contribution in [0.2, 0.25) is 0 Å². The van der Waals surface area contributed by atoms with Gasteiger partial charge in [0.1, 0.15) is 10.8 Å². The second-order valence-corrected chi connectivity index (χ2v) is 4.99. The fraction of sp³-hybridized carbons (Fsp3) is 0.462. The first-order chi connectivity index (χ1) is 8.60. The first-order valence-corrected chi connectivity index (χ1v) is 6.34. The molecule has 98 valence electrons. The smallest absolute Gasteiger partial charge is 0.127 e. The van der Waals surface area contributed by atoms with Gasteiger partial charge in [0.15, 0.2) is 0 Å². The van der Waals surface area contributed by atoms with E-state index in [-0.39, 0.29) is 11.9 Å². The molecule has 0 aromatic heterocycles. The predicted octanol–water partition coefficient (Wildman–Crippen LogP) is 1.68. The summed E-state index contributed by atoms with van der Waals surface area (Å²) in [4.78, 5) is 2.48.